The number of carbonyl (C=O) groups excluding carboxylic acids is 1. The first-order valence-corrected chi connectivity index (χ1v) is 7.56. The third kappa shape index (κ3) is 3.16. The molecule has 22 heavy (non-hydrogen) atoms. The monoisotopic (exact) mass is 308 g/mol. The van der Waals surface area contributed by atoms with E-state index in [1.807, 2.05) is 18.0 Å². The molecule has 0 radical (unpaired) electrons. The van der Waals surface area contributed by atoms with Crippen LogP contribution in [0.1, 0.15) is 19.8 Å². The predicted molar refractivity (Wildman–Crippen MR) is 83.0 cm³/mol. The summed E-state index contributed by atoms with van der Waals surface area (Å²) in [6.45, 7) is 7.17. The number of hydrogen-bond donors (Lipinski definition) is 1. The van der Waals surface area contributed by atoms with Gasteiger partial charge >= 0.3 is 0 Å². The Morgan fingerprint density at radius 1 is 1.32 bits per heavy atom. The van der Waals surface area contributed by atoms with Crippen molar-refractivity contribution in [3.05, 3.63) is 42.8 Å². The lowest BCUT2D eigenvalue weighted by atomic mass is 10.2. The number of aldehydes is 1. The third-order valence-corrected chi connectivity index (χ3v) is 4.15. The standard InChI is InChI=1S/C15H24N4O3/c1-3-16-8-9-18(14(16)13-20)7-5-6-11-19(22)12-10-17(4-2)15(19)21/h3,8-10,12-15,21H,1,4-7,11H2,2H3. The van der Waals surface area contributed by atoms with Gasteiger partial charge in [-0.3, -0.25) is 9.44 Å². The molecule has 2 aliphatic rings. The highest BCUT2D eigenvalue weighted by Crippen LogP contribution is 2.23. The molecular weight excluding hydrogens is 284 g/mol. The van der Waals surface area contributed by atoms with E-state index < -0.39 is 11.0 Å². The number of quaternary nitrogens is 1. The molecule has 0 saturated heterocycles. The van der Waals surface area contributed by atoms with E-state index in [0.717, 1.165) is 12.7 Å². The summed E-state index contributed by atoms with van der Waals surface area (Å²) < 4.78 is -0.723. The molecule has 7 heteroatoms. The van der Waals surface area contributed by atoms with Gasteiger partial charge < -0.3 is 25.0 Å². The molecule has 0 aliphatic carbocycles. The summed E-state index contributed by atoms with van der Waals surface area (Å²) in [5.74, 6) is 0. The summed E-state index contributed by atoms with van der Waals surface area (Å²) in [6.07, 6.45) is 9.35. The number of unbranched alkanes of at least 4 members (excludes halogenated alkanes) is 1. The topological polar surface area (TPSA) is 70.1 Å². The molecule has 3 unspecified atom stereocenters. The molecule has 2 heterocycles. The van der Waals surface area contributed by atoms with Gasteiger partial charge in [0.1, 0.15) is 6.20 Å². The molecular formula is C15H24N4O3. The molecule has 0 amide bonds. The first kappa shape index (κ1) is 16.5. The van der Waals surface area contributed by atoms with Gasteiger partial charge in [-0.2, -0.15) is 0 Å². The van der Waals surface area contributed by atoms with Gasteiger partial charge in [-0.25, -0.2) is 0 Å². The second-order valence-corrected chi connectivity index (χ2v) is 5.48. The maximum absolute atomic E-state index is 12.5. The zero-order valence-electron chi connectivity index (χ0n) is 12.9. The van der Waals surface area contributed by atoms with Crippen molar-refractivity contribution in [1.29, 1.82) is 0 Å². The fourth-order valence-corrected chi connectivity index (χ4v) is 2.75. The highest BCUT2D eigenvalue weighted by atomic mass is 16.6. The zero-order valence-corrected chi connectivity index (χ0v) is 12.9. The summed E-state index contributed by atoms with van der Waals surface area (Å²) in [4.78, 5) is 16.4. The highest BCUT2D eigenvalue weighted by molar-refractivity contribution is 5.58. The van der Waals surface area contributed by atoms with Crippen molar-refractivity contribution in [3.8, 4) is 0 Å². The summed E-state index contributed by atoms with van der Waals surface area (Å²) >= 11 is 0. The smallest absolute Gasteiger partial charge is 0.278 e. The minimum Gasteiger partial charge on any atom is -0.624 e. The molecule has 3 atom stereocenters. The lowest BCUT2D eigenvalue weighted by Crippen LogP contribution is -2.50. The zero-order chi connectivity index (χ0) is 16.2. The van der Waals surface area contributed by atoms with E-state index in [2.05, 4.69) is 6.58 Å². The van der Waals surface area contributed by atoms with Crippen LogP contribution in [0.15, 0.2) is 37.6 Å². The first-order valence-electron chi connectivity index (χ1n) is 7.56. The molecule has 122 valence electrons. The molecule has 0 bridgehead atoms. The van der Waals surface area contributed by atoms with Crippen molar-refractivity contribution in [2.45, 2.75) is 32.3 Å². The Kier molecular flexibility index (Phi) is 5.23. The van der Waals surface area contributed by atoms with Gasteiger partial charge in [0.05, 0.1) is 12.7 Å². The van der Waals surface area contributed by atoms with E-state index >= 15 is 0 Å². The van der Waals surface area contributed by atoms with Gasteiger partial charge in [0.15, 0.2) is 12.5 Å². The Bertz CT molecular complexity index is 468. The minimum atomic E-state index is -1.05. The van der Waals surface area contributed by atoms with Crippen molar-refractivity contribution < 1.29 is 14.5 Å². The van der Waals surface area contributed by atoms with Crippen LogP contribution in [0.3, 0.4) is 0 Å². The Morgan fingerprint density at radius 3 is 2.68 bits per heavy atom. The average Bonchev–Trinajstić information content (AvgIpc) is 3.05. The molecule has 2 rings (SSSR count). The molecule has 0 aromatic heterocycles. The number of hydrogen-bond acceptors (Lipinski definition) is 6. The fraction of sp³-hybridized carbons (Fsp3) is 0.533. The lowest BCUT2D eigenvalue weighted by molar-refractivity contribution is -0.885. The maximum atomic E-state index is 12.5. The van der Waals surface area contributed by atoms with Gasteiger partial charge in [-0.15, -0.1) is 0 Å². The quantitative estimate of drug-likeness (QED) is 0.311. The molecule has 0 fully saturated rings. The van der Waals surface area contributed by atoms with Crippen molar-refractivity contribution in [2.75, 3.05) is 19.6 Å². The van der Waals surface area contributed by atoms with Crippen molar-refractivity contribution in [1.82, 2.24) is 14.7 Å². The highest BCUT2D eigenvalue weighted by Gasteiger charge is 2.33. The molecule has 0 saturated carbocycles. The van der Waals surface area contributed by atoms with Crippen LogP contribution in [0.2, 0.25) is 0 Å². The largest absolute Gasteiger partial charge is 0.624 e. The summed E-state index contributed by atoms with van der Waals surface area (Å²) in [5.41, 5.74) is 0. The van der Waals surface area contributed by atoms with Crippen LogP contribution < -0.4 is 0 Å². The Hall–Kier alpha value is -1.83. The van der Waals surface area contributed by atoms with Gasteiger partial charge in [-0.05, 0) is 26.0 Å². The minimum absolute atomic E-state index is 0.322. The van der Waals surface area contributed by atoms with Gasteiger partial charge in [0.2, 0.25) is 0 Å². The van der Waals surface area contributed by atoms with E-state index in [-0.39, 0.29) is 6.17 Å². The van der Waals surface area contributed by atoms with Crippen LogP contribution in [0.25, 0.3) is 0 Å². The summed E-state index contributed by atoms with van der Waals surface area (Å²) in [5, 5.41) is 22.5. The Labute approximate surface area is 131 Å². The van der Waals surface area contributed by atoms with Crippen LogP contribution >= 0.6 is 0 Å². The maximum Gasteiger partial charge on any atom is 0.278 e. The Morgan fingerprint density at radius 2 is 2.09 bits per heavy atom. The van der Waals surface area contributed by atoms with Crippen LogP contribution in [-0.4, -0.2) is 62.9 Å². The van der Waals surface area contributed by atoms with Crippen molar-refractivity contribution in [2.24, 2.45) is 0 Å². The van der Waals surface area contributed by atoms with E-state index in [9.17, 15) is 15.1 Å². The number of carbonyl (C=O) groups is 1. The van der Waals surface area contributed by atoms with Crippen LogP contribution in [0.5, 0.6) is 0 Å². The van der Waals surface area contributed by atoms with Gasteiger partial charge in [-0.1, -0.05) is 6.58 Å². The van der Waals surface area contributed by atoms with Crippen LogP contribution in [0, 0.1) is 5.21 Å². The van der Waals surface area contributed by atoms with Crippen molar-refractivity contribution >= 4 is 6.29 Å². The molecule has 0 aromatic carbocycles. The molecule has 0 aromatic rings. The van der Waals surface area contributed by atoms with Crippen molar-refractivity contribution in [3.63, 3.8) is 0 Å². The van der Waals surface area contributed by atoms with E-state index in [4.69, 9.17) is 0 Å². The third-order valence-electron chi connectivity index (χ3n) is 4.15. The van der Waals surface area contributed by atoms with Crippen LogP contribution in [-0.2, 0) is 4.79 Å². The molecule has 2 aliphatic heterocycles. The number of hydroxylamine groups is 3. The lowest BCUT2D eigenvalue weighted by Gasteiger charge is -2.40. The number of aliphatic hydroxyl groups is 1. The van der Waals surface area contributed by atoms with E-state index in [1.54, 1.807) is 28.4 Å². The van der Waals surface area contributed by atoms with Gasteiger partial charge in [0.25, 0.3) is 6.35 Å². The SMILES string of the molecule is C=CN1C=CN(CCCC[N+]2([O-])C=CN(CC)C2O)C1C=O. The second kappa shape index (κ2) is 6.95. The number of rotatable bonds is 8. The summed E-state index contributed by atoms with van der Waals surface area (Å²) in [7, 11) is 0. The van der Waals surface area contributed by atoms with Gasteiger partial charge in [0, 0.05) is 25.5 Å². The second-order valence-electron chi connectivity index (χ2n) is 5.48. The Balaban J connectivity index is 1.76. The predicted octanol–water partition coefficient (Wildman–Crippen LogP) is 0.921. The van der Waals surface area contributed by atoms with E-state index in [0.29, 0.717) is 26.1 Å². The molecule has 1 N–H and O–H groups in total. The molecule has 7 nitrogen and oxygen atoms in total. The number of nitrogens with zero attached hydrogens (tertiary/aromatic N) is 4. The van der Waals surface area contributed by atoms with E-state index in [1.165, 1.54) is 6.20 Å². The van der Waals surface area contributed by atoms with Crippen LogP contribution in [0.4, 0.5) is 0 Å². The summed E-state index contributed by atoms with van der Waals surface area (Å²) in [6, 6.07) is 0. The normalized spacial score (nSPS) is 30.4. The fourth-order valence-electron chi connectivity index (χ4n) is 2.75. The number of aliphatic hydroxyl groups excluding tert-OH is 1. The average molecular weight is 308 g/mol. The molecule has 0 spiro atoms. The first-order chi connectivity index (χ1) is 10.6.